The SMILES string of the molecule is COc1ccc(OC)c(NS(=O)(=O)c2ccc(NC(=O)COc3ccc(C)c(C)c3)cc2)c1. The zero-order chi connectivity index (χ0) is 24.0. The molecule has 0 aromatic heterocycles. The highest BCUT2D eigenvalue weighted by atomic mass is 32.2. The van der Waals surface area contributed by atoms with E-state index < -0.39 is 10.0 Å². The number of hydrogen-bond donors (Lipinski definition) is 2. The van der Waals surface area contributed by atoms with E-state index >= 15 is 0 Å². The summed E-state index contributed by atoms with van der Waals surface area (Å²) < 4.78 is 44.0. The number of amides is 1. The molecule has 0 bridgehead atoms. The first-order valence-electron chi connectivity index (χ1n) is 10.1. The fraction of sp³-hybridized carbons (Fsp3) is 0.208. The Kier molecular flexibility index (Phi) is 7.44. The molecule has 0 saturated heterocycles. The van der Waals surface area contributed by atoms with Crippen molar-refractivity contribution in [2.24, 2.45) is 0 Å². The van der Waals surface area contributed by atoms with Gasteiger partial charge in [-0.1, -0.05) is 6.07 Å². The number of nitrogens with one attached hydrogen (secondary N) is 2. The molecule has 0 fully saturated rings. The van der Waals surface area contributed by atoms with Gasteiger partial charge in [0, 0.05) is 11.8 Å². The molecule has 9 heteroatoms. The Labute approximate surface area is 193 Å². The van der Waals surface area contributed by atoms with Crippen molar-refractivity contribution in [2.45, 2.75) is 18.7 Å². The van der Waals surface area contributed by atoms with Gasteiger partial charge in [0.1, 0.15) is 17.2 Å². The molecule has 0 aliphatic rings. The zero-order valence-electron chi connectivity index (χ0n) is 18.8. The van der Waals surface area contributed by atoms with Crippen LogP contribution in [0.2, 0.25) is 0 Å². The lowest BCUT2D eigenvalue weighted by atomic mass is 10.1. The summed E-state index contributed by atoms with van der Waals surface area (Å²) in [4.78, 5) is 12.2. The lowest BCUT2D eigenvalue weighted by Crippen LogP contribution is -2.20. The first kappa shape index (κ1) is 23.9. The van der Waals surface area contributed by atoms with Crippen LogP contribution >= 0.6 is 0 Å². The summed E-state index contributed by atoms with van der Waals surface area (Å²) >= 11 is 0. The van der Waals surface area contributed by atoms with Gasteiger partial charge in [-0.2, -0.15) is 0 Å². The van der Waals surface area contributed by atoms with Gasteiger partial charge in [-0.15, -0.1) is 0 Å². The summed E-state index contributed by atoms with van der Waals surface area (Å²) in [7, 11) is -0.962. The Hall–Kier alpha value is -3.72. The number of carbonyl (C=O) groups is 1. The van der Waals surface area contributed by atoms with E-state index in [2.05, 4.69) is 10.0 Å². The standard InChI is InChI=1S/C24H26N2O6S/c1-16-5-8-20(13-17(16)2)32-15-24(27)25-18-6-10-21(11-7-18)33(28,29)26-22-14-19(30-3)9-12-23(22)31-4/h5-14,26H,15H2,1-4H3,(H,25,27). The number of ether oxygens (including phenoxy) is 3. The lowest BCUT2D eigenvalue weighted by Gasteiger charge is -2.13. The van der Waals surface area contributed by atoms with Crippen LogP contribution in [0.5, 0.6) is 17.2 Å². The van der Waals surface area contributed by atoms with Gasteiger partial charge in [-0.3, -0.25) is 9.52 Å². The molecule has 0 saturated carbocycles. The Bertz CT molecular complexity index is 1240. The van der Waals surface area contributed by atoms with Crippen LogP contribution in [0.4, 0.5) is 11.4 Å². The lowest BCUT2D eigenvalue weighted by molar-refractivity contribution is -0.118. The van der Waals surface area contributed by atoms with E-state index in [0.29, 0.717) is 22.9 Å². The van der Waals surface area contributed by atoms with Crippen molar-refractivity contribution in [3.8, 4) is 17.2 Å². The van der Waals surface area contributed by atoms with Crippen LogP contribution < -0.4 is 24.2 Å². The number of benzene rings is 3. The first-order chi connectivity index (χ1) is 15.7. The molecular weight excluding hydrogens is 444 g/mol. The van der Waals surface area contributed by atoms with E-state index in [-0.39, 0.29) is 23.1 Å². The predicted molar refractivity (Wildman–Crippen MR) is 127 cm³/mol. The van der Waals surface area contributed by atoms with Gasteiger partial charge >= 0.3 is 0 Å². The van der Waals surface area contributed by atoms with Crippen molar-refractivity contribution < 1.29 is 27.4 Å². The minimum absolute atomic E-state index is 0.0248. The van der Waals surface area contributed by atoms with Crippen LogP contribution in [0.1, 0.15) is 11.1 Å². The van der Waals surface area contributed by atoms with Crippen LogP contribution in [0.15, 0.2) is 65.6 Å². The molecule has 1 amide bonds. The number of methoxy groups -OCH3 is 2. The highest BCUT2D eigenvalue weighted by Gasteiger charge is 2.17. The second-order valence-corrected chi connectivity index (χ2v) is 8.96. The summed E-state index contributed by atoms with van der Waals surface area (Å²) in [6.45, 7) is 3.80. The molecule has 0 heterocycles. The molecule has 0 radical (unpaired) electrons. The molecule has 0 aliphatic carbocycles. The van der Waals surface area contributed by atoms with E-state index in [0.717, 1.165) is 11.1 Å². The number of sulfonamides is 1. The number of rotatable bonds is 9. The number of anilines is 2. The molecule has 3 aromatic carbocycles. The highest BCUT2D eigenvalue weighted by Crippen LogP contribution is 2.31. The van der Waals surface area contributed by atoms with Crippen molar-refractivity contribution in [1.82, 2.24) is 0 Å². The summed E-state index contributed by atoms with van der Waals surface area (Å²) in [5.41, 5.74) is 2.91. The molecule has 0 spiro atoms. The molecule has 2 N–H and O–H groups in total. The predicted octanol–water partition coefficient (Wildman–Crippen LogP) is 4.14. The average Bonchev–Trinajstić information content (AvgIpc) is 2.80. The molecule has 8 nitrogen and oxygen atoms in total. The maximum absolute atomic E-state index is 12.8. The van der Waals surface area contributed by atoms with Crippen molar-refractivity contribution in [1.29, 1.82) is 0 Å². The van der Waals surface area contributed by atoms with Crippen LogP contribution in [0, 0.1) is 13.8 Å². The van der Waals surface area contributed by atoms with Crippen molar-refractivity contribution in [3.05, 3.63) is 71.8 Å². The van der Waals surface area contributed by atoms with Gasteiger partial charge < -0.3 is 19.5 Å². The van der Waals surface area contributed by atoms with Gasteiger partial charge in [0.25, 0.3) is 15.9 Å². The zero-order valence-corrected chi connectivity index (χ0v) is 19.7. The fourth-order valence-electron chi connectivity index (χ4n) is 2.96. The second-order valence-electron chi connectivity index (χ2n) is 7.28. The second kappa shape index (κ2) is 10.3. The van der Waals surface area contributed by atoms with E-state index in [1.807, 2.05) is 26.0 Å². The van der Waals surface area contributed by atoms with E-state index in [1.165, 1.54) is 44.6 Å². The largest absolute Gasteiger partial charge is 0.497 e. The molecule has 174 valence electrons. The van der Waals surface area contributed by atoms with Gasteiger partial charge in [0.15, 0.2) is 6.61 Å². The Morgan fingerprint density at radius 3 is 2.18 bits per heavy atom. The molecule has 0 atom stereocenters. The van der Waals surface area contributed by atoms with Crippen LogP contribution in [0.25, 0.3) is 0 Å². The van der Waals surface area contributed by atoms with E-state index in [4.69, 9.17) is 14.2 Å². The number of hydrogen-bond acceptors (Lipinski definition) is 6. The minimum Gasteiger partial charge on any atom is -0.497 e. The van der Waals surface area contributed by atoms with Crippen molar-refractivity contribution >= 4 is 27.3 Å². The molecular formula is C24H26N2O6S. The van der Waals surface area contributed by atoms with Crippen molar-refractivity contribution in [3.63, 3.8) is 0 Å². The topological polar surface area (TPSA) is 103 Å². The maximum atomic E-state index is 12.8. The molecule has 0 unspecified atom stereocenters. The van der Waals surface area contributed by atoms with Gasteiger partial charge in [-0.05, 0) is 73.5 Å². The summed E-state index contributed by atoms with van der Waals surface area (Å²) in [6.07, 6.45) is 0. The van der Waals surface area contributed by atoms with Gasteiger partial charge in [0.2, 0.25) is 0 Å². The molecule has 33 heavy (non-hydrogen) atoms. The smallest absolute Gasteiger partial charge is 0.262 e. The quantitative estimate of drug-likeness (QED) is 0.487. The van der Waals surface area contributed by atoms with Gasteiger partial charge in [-0.25, -0.2) is 8.42 Å². The monoisotopic (exact) mass is 470 g/mol. The minimum atomic E-state index is -3.89. The Morgan fingerprint density at radius 2 is 1.55 bits per heavy atom. The third kappa shape index (κ3) is 6.17. The average molecular weight is 471 g/mol. The van der Waals surface area contributed by atoms with E-state index in [1.54, 1.807) is 18.2 Å². The Morgan fingerprint density at radius 1 is 0.848 bits per heavy atom. The number of carbonyl (C=O) groups excluding carboxylic acids is 1. The van der Waals surface area contributed by atoms with Crippen LogP contribution in [0.3, 0.4) is 0 Å². The molecule has 3 aromatic rings. The molecule has 0 aliphatic heterocycles. The van der Waals surface area contributed by atoms with Crippen LogP contribution in [-0.2, 0) is 14.8 Å². The number of aryl methyl sites for hydroxylation is 2. The molecule has 3 rings (SSSR count). The summed E-state index contributed by atoms with van der Waals surface area (Å²) in [6, 6.07) is 16.2. The normalized spacial score (nSPS) is 10.9. The highest BCUT2D eigenvalue weighted by molar-refractivity contribution is 7.92. The first-order valence-corrected chi connectivity index (χ1v) is 11.5. The Balaban J connectivity index is 1.64. The summed E-state index contributed by atoms with van der Waals surface area (Å²) in [5.74, 6) is 1.08. The van der Waals surface area contributed by atoms with Crippen LogP contribution in [-0.4, -0.2) is 35.2 Å². The van der Waals surface area contributed by atoms with Gasteiger partial charge in [0.05, 0.1) is 24.8 Å². The van der Waals surface area contributed by atoms with Crippen molar-refractivity contribution in [2.75, 3.05) is 30.9 Å². The third-order valence-electron chi connectivity index (χ3n) is 4.95. The third-order valence-corrected chi connectivity index (χ3v) is 6.33. The maximum Gasteiger partial charge on any atom is 0.262 e. The van der Waals surface area contributed by atoms with E-state index in [9.17, 15) is 13.2 Å². The summed E-state index contributed by atoms with van der Waals surface area (Å²) in [5, 5.41) is 2.68. The fourth-order valence-corrected chi connectivity index (χ4v) is 4.03.